The molecule has 0 radical (unpaired) electrons. The Kier molecular flexibility index (Phi) is 6.31. The molecular formula is C21H34N2O. The lowest BCUT2D eigenvalue weighted by molar-refractivity contribution is -0.0482. The zero-order valence-corrected chi connectivity index (χ0v) is 15.7. The maximum atomic E-state index is 5.90. The van der Waals surface area contributed by atoms with E-state index in [4.69, 9.17) is 4.74 Å². The molecule has 2 heterocycles. The zero-order chi connectivity index (χ0) is 16.9. The summed E-state index contributed by atoms with van der Waals surface area (Å²) in [5.74, 6) is 0. The van der Waals surface area contributed by atoms with Crippen LogP contribution in [0.3, 0.4) is 0 Å². The lowest BCUT2D eigenvalue weighted by Gasteiger charge is -2.48. The summed E-state index contributed by atoms with van der Waals surface area (Å²) < 4.78 is 5.90. The van der Waals surface area contributed by atoms with Crippen molar-refractivity contribution in [1.82, 2.24) is 9.80 Å². The van der Waals surface area contributed by atoms with Crippen molar-refractivity contribution >= 4 is 0 Å². The minimum Gasteiger partial charge on any atom is -0.380 e. The highest BCUT2D eigenvalue weighted by Gasteiger charge is 2.36. The summed E-state index contributed by atoms with van der Waals surface area (Å²) >= 11 is 0. The van der Waals surface area contributed by atoms with Crippen LogP contribution in [0.1, 0.15) is 45.1 Å². The Morgan fingerprint density at radius 2 is 1.75 bits per heavy atom. The summed E-state index contributed by atoms with van der Waals surface area (Å²) in [6.07, 6.45) is 6.58. The number of methoxy groups -OCH3 is 1. The first-order chi connectivity index (χ1) is 11.7. The summed E-state index contributed by atoms with van der Waals surface area (Å²) in [7, 11) is 1.90. The van der Waals surface area contributed by atoms with Gasteiger partial charge < -0.3 is 9.64 Å². The van der Waals surface area contributed by atoms with Gasteiger partial charge in [-0.3, -0.25) is 4.90 Å². The van der Waals surface area contributed by atoms with Gasteiger partial charge in [0, 0.05) is 25.2 Å². The van der Waals surface area contributed by atoms with E-state index in [2.05, 4.69) is 54.0 Å². The number of piperidine rings is 2. The van der Waals surface area contributed by atoms with Crippen molar-refractivity contribution in [2.24, 2.45) is 0 Å². The Balaban J connectivity index is 1.69. The molecule has 2 atom stereocenters. The molecule has 0 aromatic heterocycles. The van der Waals surface area contributed by atoms with E-state index in [0.717, 1.165) is 12.5 Å². The SMILES string of the molecule is CO[C@H]1CCCN(C2CCN(C(C)C)CC2)[C@H]1Cc1ccccc1. The van der Waals surface area contributed by atoms with Crippen molar-refractivity contribution in [3.8, 4) is 0 Å². The van der Waals surface area contributed by atoms with Crippen molar-refractivity contribution in [2.75, 3.05) is 26.7 Å². The topological polar surface area (TPSA) is 15.7 Å². The van der Waals surface area contributed by atoms with Gasteiger partial charge in [-0.2, -0.15) is 0 Å². The fraction of sp³-hybridized carbons (Fsp3) is 0.714. The van der Waals surface area contributed by atoms with Crippen LogP contribution in [0.5, 0.6) is 0 Å². The number of benzene rings is 1. The molecule has 1 aromatic carbocycles. The van der Waals surface area contributed by atoms with Crippen molar-refractivity contribution < 1.29 is 4.74 Å². The Labute approximate surface area is 148 Å². The molecular weight excluding hydrogens is 296 g/mol. The molecule has 2 saturated heterocycles. The van der Waals surface area contributed by atoms with E-state index in [1.165, 1.54) is 50.9 Å². The Morgan fingerprint density at radius 1 is 1.04 bits per heavy atom. The van der Waals surface area contributed by atoms with Crippen LogP contribution in [0.25, 0.3) is 0 Å². The first kappa shape index (κ1) is 17.9. The third-order valence-corrected chi connectivity index (χ3v) is 6.05. The molecule has 0 aliphatic carbocycles. The van der Waals surface area contributed by atoms with Crippen LogP contribution in [0, 0.1) is 0 Å². The molecule has 0 unspecified atom stereocenters. The number of rotatable bonds is 5. The highest BCUT2D eigenvalue weighted by molar-refractivity contribution is 5.17. The summed E-state index contributed by atoms with van der Waals surface area (Å²) in [4.78, 5) is 5.42. The molecule has 0 saturated carbocycles. The average Bonchev–Trinajstić information content (AvgIpc) is 2.63. The van der Waals surface area contributed by atoms with Gasteiger partial charge in [0.25, 0.3) is 0 Å². The number of ether oxygens (including phenoxy) is 1. The predicted octanol–water partition coefficient (Wildman–Crippen LogP) is 3.58. The molecule has 1 aromatic rings. The number of hydrogen-bond acceptors (Lipinski definition) is 3. The Bertz CT molecular complexity index is 482. The highest BCUT2D eigenvalue weighted by Crippen LogP contribution is 2.29. The third kappa shape index (κ3) is 4.19. The molecule has 3 rings (SSSR count). The maximum Gasteiger partial charge on any atom is 0.0730 e. The molecule has 0 N–H and O–H groups in total. The molecule has 2 aliphatic rings. The van der Waals surface area contributed by atoms with E-state index < -0.39 is 0 Å². The van der Waals surface area contributed by atoms with Crippen LogP contribution in [0.4, 0.5) is 0 Å². The van der Waals surface area contributed by atoms with E-state index >= 15 is 0 Å². The second-order valence-corrected chi connectivity index (χ2v) is 7.77. The van der Waals surface area contributed by atoms with Crippen LogP contribution in [-0.2, 0) is 11.2 Å². The van der Waals surface area contributed by atoms with Crippen LogP contribution in [0.2, 0.25) is 0 Å². The standard InChI is InChI=1S/C21H34N2O/c1-17(2)22-14-11-19(12-15-22)23-13-7-10-21(24-3)20(23)16-18-8-5-4-6-9-18/h4-6,8-9,17,19-21H,7,10-16H2,1-3H3/t20-,21-/m0/s1. The first-order valence-corrected chi connectivity index (χ1v) is 9.75. The van der Waals surface area contributed by atoms with E-state index in [-0.39, 0.29) is 0 Å². The van der Waals surface area contributed by atoms with Gasteiger partial charge in [0.2, 0.25) is 0 Å². The molecule has 3 nitrogen and oxygen atoms in total. The fourth-order valence-corrected chi connectivity index (χ4v) is 4.61. The van der Waals surface area contributed by atoms with Crippen LogP contribution in [0.15, 0.2) is 30.3 Å². The van der Waals surface area contributed by atoms with Crippen LogP contribution >= 0.6 is 0 Å². The smallest absolute Gasteiger partial charge is 0.0730 e. The number of nitrogens with zero attached hydrogens (tertiary/aromatic N) is 2. The minimum atomic E-state index is 0.377. The maximum absolute atomic E-state index is 5.90. The van der Waals surface area contributed by atoms with Gasteiger partial charge in [-0.05, 0) is 71.1 Å². The van der Waals surface area contributed by atoms with Gasteiger partial charge >= 0.3 is 0 Å². The van der Waals surface area contributed by atoms with Gasteiger partial charge in [-0.1, -0.05) is 30.3 Å². The first-order valence-electron chi connectivity index (χ1n) is 9.75. The summed E-state index contributed by atoms with van der Waals surface area (Å²) in [6.45, 7) is 8.37. The molecule has 0 amide bonds. The normalized spacial score (nSPS) is 27.7. The monoisotopic (exact) mass is 330 g/mol. The van der Waals surface area contributed by atoms with Crippen molar-refractivity contribution in [3.63, 3.8) is 0 Å². The van der Waals surface area contributed by atoms with Gasteiger partial charge in [0.15, 0.2) is 0 Å². The van der Waals surface area contributed by atoms with E-state index in [0.29, 0.717) is 18.2 Å². The Morgan fingerprint density at radius 3 is 2.38 bits per heavy atom. The number of hydrogen-bond donors (Lipinski definition) is 0. The average molecular weight is 331 g/mol. The van der Waals surface area contributed by atoms with Gasteiger partial charge in [-0.15, -0.1) is 0 Å². The van der Waals surface area contributed by atoms with Gasteiger partial charge in [-0.25, -0.2) is 0 Å². The van der Waals surface area contributed by atoms with E-state index in [1.807, 2.05) is 7.11 Å². The second kappa shape index (κ2) is 8.46. The molecule has 134 valence electrons. The molecule has 0 spiro atoms. The van der Waals surface area contributed by atoms with Gasteiger partial charge in [0.05, 0.1) is 6.10 Å². The highest BCUT2D eigenvalue weighted by atomic mass is 16.5. The van der Waals surface area contributed by atoms with Crippen molar-refractivity contribution in [2.45, 2.75) is 70.2 Å². The Hall–Kier alpha value is -0.900. The predicted molar refractivity (Wildman–Crippen MR) is 100 cm³/mol. The van der Waals surface area contributed by atoms with Crippen molar-refractivity contribution in [3.05, 3.63) is 35.9 Å². The fourth-order valence-electron chi connectivity index (χ4n) is 4.61. The van der Waals surface area contributed by atoms with Crippen molar-refractivity contribution in [1.29, 1.82) is 0 Å². The lowest BCUT2D eigenvalue weighted by atomic mass is 9.89. The summed E-state index contributed by atoms with van der Waals surface area (Å²) in [6, 6.07) is 12.9. The van der Waals surface area contributed by atoms with Gasteiger partial charge in [0.1, 0.15) is 0 Å². The zero-order valence-electron chi connectivity index (χ0n) is 15.7. The van der Waals surface area contributed by atoms with Crippen LogP contribution < -0.4 is 0 Å². The minimum absolute atomic E-state index is 0.377. The molecule has 2 aliphatic heterocycles. The third-order valence-electron chi connectivity index (χ3n) is 6.05. The molecule has 24 heavy (non-hydrogen) atoms. The number of likely N-dealkylation sites (tertiary alicyclic amines) is 2. The lowest BCUT2D eigenvalue weighted by Crippen LogP contribution is -2.57. The van der Waals surface area contributed by atoms with E-state index in [1.54, 1.807) is 0 Å². The largest absolute Gasteiger partial charge is 0.380 e. The molecule has 2 fully saturated rings. The van der Waals surface area contributed by atoms with Crippen LogP contribution in [-0.4, -0.2) is 60.8 Å². The quantitative estimate of drug-likeness (QED) is 0.821. The molecule has 0 bridgehead atoms. The summed E-state index contributed by atoms with van der Waals surface area (Å²) in [5, 5.41) is 0. The second-order valence-electron chi connectivity index (χ2n) is 7.77. The van der Waals surface area contributed by atoms with E-state index in [9.17, 15) is 0 Å². The summed E-state index contributed by atoms with van der Waals surface area (Å²) in [5.41, 5.74) is 1.44. The molecule has 3 heteroatoms.